The van der Waals surface area contributed by atoms with Gasteiger partial charge in [0.15, 0.2) is 0 Å². The van der Waals surface area contributed by atoms with E-state index in [-0.39, 0.29) is 11.8 Å². The second-order valence-corrected chi connectivity index (χ2v) is 4.01. The second kappa shape index (κ2) is 6.19. The Bertz CT molecular complexity index is 296. The molecule has 1 aliphatic heterocycles. The summed E-state index contributed by atoms with van der Waals surface area (Å²) in [5, 5.41) is 20.4. The van der Waals surface area contributed by atoms with Gasteiger partial charge >= 0.3 is 11.9 Å². The minimum atomic E-state index is -1.20. The molecule has 1 saturated heterocycles. The number of hydrogen-bond donors (Lipinski definition) is 3. The smallest absolute Gasteiger partial charge is 0.323 e. The highest BCUT2D eigenvalue weighted by molar-refractivity contribution is 5.86. The molecule has 96 valence electrons. The number of rotatable bonds is 5. The van der Waals surface area contributed by atoms with Crippen LogP contribution in [0.4, 0.5) is 0 Å². The van der Waals surface area contributed by atoms with E-state index in [4.69, 9.17) is 10.2 Å². The topological polar surface area (TPSA) is 107 Å². The maximum atomic E-state index is 11.9. The lowest BCUT2D eigenvalue weighted by molar-refractivity contribution is -0.151. The number of piperidine rings is 1. The number of nitrogens with zero attached hydrogens (tertiary/aromatic N) is 1. The summed E-state index contributed by atoms with van der Waals surface area (Å²) in [6.45, 7) is 0.277. The Balaban J connectivity index is 2.63. The van der Waals surface area contributed by atoms with Crippen LogP contribution in [0.25, 0.3) is 0 Å². The van der Waals surface area contributed by atoms with Crippen molar-refractivity contribution >= 4 is 17.8 Å². The number of hydrogen-bond acceptors (Lipinski definition) is 4. The SMILES string of the molecule is O=C(O)CN(CC(=O)O)C(=O)C1CCNCC1. The van der Waals surface area contributed by atoms with Crippen LogP contribution in [0.2, 0.25) is 0 Å². The molecule has 1 fully saturated rings. The van der Waals surface area contributed by atoms with Crippen molar-refractivity contribution in [2.75, 3.05) is 26.2 Å². The van der Waals surface area contributed by atoms with E-state index in [0.29, 0.717) is 25.9 Å². The third-order valence-electron chi connectivity index (χ3n) is 2.65. The molecule has 0 aliphatic carbocycles. The van der Waals surface area contributed by atoms with E-state index < -0.39 is 25.0 Å². The summed E-state index contributed by atoms with van der Waals surface area (Å²) in [6, 6.07) is 0. The van der Waals surface area contributed by atoms with Crippen LogP contribution < -0.4 is 5.32 Å². The van der Waals surface area contributed by atoms with Crippen molar-refractivity contribution in [3.63, 3.8) is 0 Å². The summed E-state index contributed by atoms with van der Waals surface area (Å²) in [5.41, 5.74) is 0. The van der Waals surface area contributed by atoms with Gasteiger partial charge in [0.2, 0.25) is 5.91 Å². The number of carbonyl (C=O) groups is 3. The van der Waals surface area contributed by atoms with Crippen LogP contribution in [0.5, 0.6) is 0 Å². The van der Waals surface area contributed by atoms with Gasteiger partial charge in [-0.3, -0.25) is 14.4 Å². The van der Waals surface area contributed by atoms with Gasteiger partial charge in [0, 0.05) is 5.92 Å². The van der Waals surface area contributed by atoms with Crippen LogP contribution in [0.3, 0.4) is 0 Å². The van der Waals surface area contributed by atoms with Crippen LogP contribution in [-0.4, -0.2) is 59.1 Å². The lowest BCUT2D eigenvalue weighted by Crippen LogP contribution is -2.45. The van der Waals surface area contributed by atoms with Crippen LogP contribution in [-0.2, 0) is 14.4 Å². The summed E-state index contributed by atoms with van der Waals surface area (Å²) < 4.78 is 0. The van der Waals surface area contributed by atoms with Gasteiger partial charge < -0.3 is 20.4 Å². The third kappa shape index (κ3) is 4.39. The summed E-state index contributed by atoms with van der Waals surface area (Å²) in [6.07, 6.45) is 1.24. The first-order valence-corrected chi connectivity index (χ1v) is 5.44. The van der Waals surface area contributed by atoms with Crippen molar-refractivity contribution in [2.24, 2.45) is 5.92 Å². The summed E-state index contributed by atoms with van der Waals surface area (Å²) in [4.78, 5) is 34.0. The molecule has 0 bridgehead atoms. The zero-order chi connectivity index (χ0) is 12.8. The van der Waals surface area contributed by atoms with Crippen LogP contribution in [0.15, 0.2) is 0 Å². The summed E-state index contributed by atoms with van der Waals surface area (Å²) >= 11 is 0. The van der Waals surface area contributed by atoms with Gasteiger partial charge in [-0.1, -0.05) is 0 Å². The minimum Gasteiger partial charge on any atom is -0.480 e. The van der Waals surface area contributed by atoms with Crippen molar-refractivity contribution in [1.29, 1.82) is 0 Å². The van der Waals surface area contributed by atoms with Crippen LogP contribution in [0.1, 0.15) is 12.8 Å². The van der Waals surface area contributed by atoms with Crippen molar-refractivity contribution in [2.45, 2.75) is 12.8 Å². The number of nitrogens with one attached hydrogen (secondary N) is 1. The van der Waals surface area contributed by atoms with E-state index in [9.17, 15) is 14.4 Å². The molecule has 0 aromatic carbocycles. The number of carbonyl (C=O) groups excluding carboxylic acids is 1. The van der Waals surface area contributed by atoms with Crippen molar-refractivity contribution < 1.29 is 24.6 Å². The fourth-order valence-electron chi connectivity index (χ4n) is 1.87. The van der Waals surface area contributed by atoms with E-state index in [1.165, 1.54) is 0 Å². The van der Waals surface area contributed by atoms with Crippen molar-refractivity contribution in [1.82, 2.24) is 10.2 Å². The molecule has 0 saturated carbocycles. The zero-order valence-corrected chi connectivity index (χ0v) is 9.39. The molecule has 0 atom stereocenters. The average molecular weight is 244 g/mol. The van der Waals surface area contributed by atoms with Gasteiger partial charge in [-0.05, 0) is 25.9 Å². The van der Waals surface area contributed by atoms with Gasteiger partial charge in [0.25, 0.3) is 0 Å². The normalized spacial score (nSPS) is 16.5. The van der Waals surface area contributed by atoms with Gasteiger partial charge in [0.1, 0.15) is 13.1 Å². The Morgan fingerprint density at radius 1 is 1.06 bits per heavy atom. The Morgan fingerprint density at radius 2 is 1.53 bits per heavy atom. The first-order valence-electron chi connectivity index (χ1n) is 5.44. The van der Waals surface area contributed by atoms with E-state index in [1.54, 1.807) is 0 Å². The lowest BCUT2D eigenvalue weighted by atomic mass is 9.96. The molecule has 1 heterocycles. The number of carboxylic acid groups (broad SMARTS) is 2. The molecule has 1 rings (SSSR count). The van der Waals surface area contributed by atoms with Gasteiger partial charge in [-0.25, -0.2) is 0 Å². The van der Waals surface area contributed by atoms with Crippen LogP contribution >= 0.6 is 0 Å². The first kappa shape index (κ1) is 13.4. The standard InChI is InChI=1S/C10H16N2O5/c13-8(14)5-12(6-9(15)16)10(17)7-1-3-11-4-2-7/h7,11H,1-6H2,(H,13,14)(H,15,16). The van der Waals surface area contributed by atoms with E-state index in [1.807, 2.05) is 0 Å². The first-order chi connectivity index (χ1) is 8.00. The van der Waals surface area contributed by atoms with Crippen molar-refractivity contribution in [3.8, 4) is 0 Å². The Hall–Kier alpha value is -1.63. The zero-order valence-electron chi connectivity index (χ0n) is 9.39. The molecule has 17 heavy (non-hydrogen) atoms. The Labute approximate surface area is 98.4 Å². The monoisotopic (exact) mass is 244 g/mol. The third-order valence-corrected chi connectivity index (χ3v) is 2.65. The molecule has 0 radical (unpaired) electrons. The molecule has 1 amide bonds. The number of carboxylic acids is 2. The minimum absolute atomic E-state index is 0.269. The van der Waals surface area contributed by atoms with Crippen molar-refractivity contribution in [3.05, 3.63) is 0 Å². The lowest BCUT2D eigenvalue weighted by Gasteiger charge is -2.27. The van der Waals surface area contributed by atoms with Crippen LogP contribution in [0, 0.1) is 5.92 Å². The Morgan fingerprint density at radius 3 is 1.94 bits per heavy atom. The van der Waals surface area contributed by atoms with Gasteiger partial charge in [0.05, 0.1) is 0 Å². The summed E-state index contributed by atoms with van der Waals surface area (Å²) in [5.74, 6) is -3.05. The molecule has 0 aromatic rings. The fourth-order valence-corrected chi connectivity index (χ4v) is 1.87. The molecule has 0 aromatic heterocycles. The quantitative estimate of drug-likeness (QED) is 0.571. The molecule has 0 spiro atoms. The molecule has 7 heteroatoms. The molecular formula is C10H16N2O5. The number of aliphatic carboxylic acids is 2. The summed E-state index contributed by atoms with van der Waals surface area (Å²) in [7, 11) is 0. The highest BCUT2D eigenvalue weighted by atomic mass is 16.4. The van der Waals surface area contributed by atoms with Gasteiger partial charge in [-0.15, -0.1) is 0 Å². The second-order valence-electron chi connectivity index (χ2n) is 4.01. The maximum Gasteiger partial charge on any atom is 0.323 e. The van der Waals surface area contributed by atoms with E-state index >= 15 is 0 Å². The molecule has 7 nitrogen and oxygen atoms in total. The highest BCUT2D eigenvalue weighted by Gasteiger charge is 2.28. The predicted molar refractivity (Wildman–Crippen MR) is 57.4 cm³/mol. The molecule has 3 N–H and O–H groups in total. The van der Waals surface area contributed by atoms with Gasteiger partial charge in [-0.2, -0.15) is 0 Å². The molecule has 1 aliphatic rings. The largest absolute Gasteiger partial charge is 0.480 e. The fraction of sp³-hybridized carbons (Fsp3) is 0.700. The Kier molecular flexibility index (Phi) is 4.89. The maximum absolute atomic E-state index is 11.9. The molecule has 0 unspecified atom stereocenters. The van der Waals surface area contributed by atoms with E-state index in [0.717, 1.165) is 4.90 Å². The predicted octanol–water partition coefficient (Wildman–Crippen LogP) is -1.02. The average Bonchev–Trinajstić information content (AvgIpc) is 2.27. The molecular weight excluding hydrogens is 228 g/mol. The highest BCUT2D eigenvalue weighted by Crippen LogP contribution is 2.15. The number of amides is 1. The van der Waals surface area contributed by atoms with E-state index in [2.05, 4.69) is 5.32 Å².